The lowest BCUT2D eigenvalue weighted by molar-refractivity contribution is 1.20. The van der Waals surface area contributed by atoms with E-state index in [1.54, 1.807) is 0 Å². The molecule has 3 N–H and O–H groups in total. The van der Waals surface area contributed by atoms with Gasteiger partial charge in [-0.2, -0.15) is 0 Å². The molecular weight excluding hydrogens is 266 g/mol. The zero-order chi connectivity index (χ0) is 13.9. The van der Waals surface area contributed by atoms with Gasteiger partial charge in [0, 0.05) is 11.1 Å². The topological polar surface area (TPSA) is 54.7 Å². The van der Waals surface area contributed by atoms with Crippen molar-refractivity contribution in [3.8, 4) is 22.5 Å². The molecule has 2 aromatic carbocycles. The number of anilines is 1. The number of nitrogens with two attached hydrogens (primary N) is 1. The smallest absolute Gasteiger partial charge is 0.159 e. The number of hydrogen-bond donors (Lipinski definition) is 2. The van der Waals surface area contributed by atoms with Crippen LogP contribution in [-0.4, -0.2) is 9.97 Å². The molecule has 3 nitrogen and oxygen atoms in total. The Balaban J connectivity index is 2.29. The third-order valence-corrected chi connectivity index (χ3v) is 3.36. The molecule has 0 aliphatic rings. The summed E-state index contributed by atoms with van der Waals surface area (Å²) in [7, 11) is 0. The molecule has 0 bridgehead atoms. The minimum atomic E-state index is 0.346. The lowest BCUT2D eigenvalue weighted by Crippen LogP contribution is -1.99. The second kappa shape index (κ2) is 5.27. The van der Waals surface area contributed by atoms with Crippen molar-refractivity contribution in [3.05, 3.63) is 65.3 Å². The van der Waals surface area contributed by atoms with Crippen molar-refractivity contribution in [2.24, 2.45) is 0 Å². The van der Waals surface area contributed by atoms with Gasteiger partial charge in [0.05, 0.1) is 11.4 Å². The Morgan fingerprint density at radius 1 is 0.850 bits per heavy atom. The maximum atomic E-state index is 5.86. The van der Waals surface area contributed by atoms with Gasteiger partial charge in [0.25, 0.3) is 0 Å². The molecule has 4 heteroatoms. The van der Waals surface area contributed by atoms with Crippen molar-refractivity contribution in [2.75, 3.05) is 5.73 Å². The molecular formula is C16H13N3S. The second-order valence-corrected chi connectivity index (χ2v) is 4.82. The summed E-state index contributed by atoms with van der Waals surface area (Å²) in [5, 5.41) is 0. The Kier molecular flexibility index (Phi) is 3.31. The van der Waals surface area contributed by atoms with E-state index in [4.69, 9.17) is 18.0 Å². The molecule has 0 atom stereocenters. The Morgan fingerprint density at radius 2 is 1.40 bits per heavy atom. The lowest BCUT2D eigenvalue weighted by atomic mass is 10.0. The largest absolute Gasteiger partial charge is 0.381 e. The van der Waals surface area contributed by atoms with Gasteiger partial charge in [0.15, 0.2) is 5.82 Å². The van der Waals surface area contributed by atoms with Gasteiger partial charge in [0.2, 0.25) is 0 Å². The first-order chi connectivity index (χ1) is 9.75. The number of hydrogen-bond acceptors (Lipinski definition) is 3. The third kappa shape index (κ3) is 2.33. The Bertz CT molecular complexity index is 780. The summed E-state index contributed by atoms with van der Waals surface area (Å²) in [6.07, 6.45) is 0. The van der Waals surface area contributed by atoms with Crippen LogP contribution in [0.2, 0.25) is 0 Å². The summed E-state index contributed by atoms with van der Waals surface area (Å²) in [5.74, 6) is 0.346. The van der Waals surface area contributed by atoms with Crippen LogP contribution in [0.3, 0.4) is 0 Å². The monoisotopic (exact) mass is 279 g/mol. The fourth-order valence-corrected chi connectivity index (χ4v) is 2.23. The fourth-order valence-electron chi connectivity index (χ4n) is 2.08. The van der Waals surface area contributed by atoms with Crippen molar-refractivity contribution in [2.45, 2.75) is 0 Å². The van der Waals surface area contributed by atoms with Gasteiger partial charge < -0.3 is 10.7 Å². The van der Waals surface area contributed by atoms with E-state index in [-0.39, 0.29) is 0 Å². The minimum absolute atomic E-state index is 0.346. The summed E-state index contributed by atoms with van der Waals surface area (Å²) in [4.78, 5) is 7.65. The third-order valence-electron chi connectivity index (χ3n) is 3.05. The zero-order valence-electron chi connectivity index (χ0n) is 10.7. The molecule has 0 fully saturated rings. The van der Waals surface area contributed by atoms with Gasteiger partial charge in [-0.1, -0.05) is 72.9 Å². The second-order valence-electron chi connectivity index (χ2n) is 4.41. The number of aromatic amines is 1. The van der Waals surface area contributed by atoms with Crippen molar-refractivity contribution in [3.63, 3.8) is 0 Å². The highest BCUT2D eigenvalue weighted by atomic mass is 32.1. The normalized spacial score (nSPS) is 10.4. The first kappa shape index (κ1) is 12.6. The molecule has 1 aromatic heterocycles. The first-order valence-electron chi connectivity index (χ1n) is 6.26. The molecule has 0 saturated heterocycles. The van der Waals surface area contributed by atoms with Crippen molar-refractivity contribution < 1.29 is 0 Å². The molecule has 0 aliphatic heterocycles. The summed E-state index contributed by atoms with van der Waals surface area (Å²) in [5.41, 5.74) is 9.59. The van der Waals surface area contributed by atoms with Crippen molar-refractivity contribution in [1.82, 2.24) is 9.97 Å². The van der Waals surface area contributed by atoms with Crippen LogP contribution in [-0.2, 0) is 0 Å². The van der Waals surface area contributed by atoms with E-state index in [9.17, 15) is 0 Å². The van der Waals surface area contributed by atoms with Crippen LogP contribution in [0.25, 0.3) is 22.5 Å². The molecule has 0 unspecified atom stereocenters. The van der Waals surface area contributed by atoms with E-state index in [1.165, 1.54) is 0 Å². The zero-order valence-corrected chi connectivity index (χ0v) is 11.5. The quantitative estimate of drug-likeness (QED) is 0.696. The number of aromatic nitrogens is 2. The lowest BCUT2D eigenvalue weighted by Gasteiger charge is -2.10. The van der Waals surface area contributed by atoms with Gasteiger partial charge >= 0.3 is 0 Å². The average Bonchev–Trinajstić information content (AvgIpc) is 2.51. The molecule has 98 valence electrons. The molecule has 3 aromatic rings. The van der Waals surface area contributed by atoms with Gasteiger partial charge in [-0.3, -0.25) is 0 Å². The number of benzene rings is 2. The highest BCUT2D eigenvalue weighted by molar-refractivity contribution is 7.71. The van der Waals surface area contributed by atoms with E-state index >= 15 is 0 Å². The molecule has 1 heterocycles. The molecule has 0 amide bonds. The molecule has 3 rings (SSSR count). The minimum Gasteiger partial charge on any atom is -0.381 e. The number of nitrogen functional groups attached to an aromatic ring is 1. The summed E-state index contributed by atoms with van der Waals surface area (Å²) >= 11 is 5.21. The molecule has 0 spiro atoms. The van der Waals surface area contributed by atoms with Gasteiger partial charge in [0.1, 0.15) is 4.64 Å². The Morgan fingerprint density at radius 3 is 2.00 bits per heavy atom. The first-order valence-corrected chi connectivity index (χ1v) is 6.67. The van der Waals surface area contributed by atoms with Gasteiger partial charge in [-0.25, -0.2) is 4.98 Å². The Labute approximate surface area is 122 Å². The van der Waals surface area contributed by atoms with Crippen molar-refractivity contribution >= 4 is 18.0 Å². The van der Waals surface area contributed by atoms with Crippen LogP contribution in [0.15, 0.2) is 60.7 Å². The van der Waals surface area contributed by atoms with E-state index in [0.29, 0.717) is 10.5 Å². The van der Waals surface area contributed by atoms with Crippen molar-refractivity contribution in [1.29, 1.82) is 0 Å². The predicted molar refractivity (Wildman–Crippen MR) is 84.7 cm³/mol. The predicted octanol–water partition coefficient (Wildman–Crippen LogP) is 4.06. The highest BCUT2D eigenvalue weighted by Crippen LogP contribution is 2.29. The Hall–Kier alpha value is -2.46. The van der Waals surface area contributed by atoms with Crippen LogP contribution >= 0.6 is 12.2 Å². The maximum absolute atomic E-state index is 5.86. The van der Waals surface area contributed by atoms with E-state index < -0.39 is 0 Å². The standard InChI is InChI=1S/C16H13N3S/c17-15-16(20)19-14(12-9-5-2-6-10-12)13(18-15)11-7-3-1-4-8-11/h1-10H,(H2,17,18)(H,19,20). The van der Waals surface area contributed by atoms with Crippen LogP contribution in [0.1, 0.15) is 0 Å². The van der Waals surface area contributed by atoms with Gasteiger partial charge in [-0.15, -0.1) is 0 Å². The van der Waals surface area contributed by atoms with Crippen LogP contribution in [0, 0.1) is 4.64 Å². The van der Waals surface area contributed by atoms with Crippen LogP contribution < -0.4 is 5.73 Å². The number of nitrogens with zero attached hydrogens (tertiary/aromatic N) is 1. The SMILES string of the molecule is Nc1nc(-c2ccccc2)c(-c2ccccc2)[nH]c1=S. The van der Waals surface area contributed by atoms with Crippen LogP contribution in [0.5, 0.6) is 0 Å². The van der Waals surface area contributed by atoms with E-state index in [2.05, 4.69) is 9.97 Å². The number of nitrogens with one attached hydrogen (secondary N) is 1. The van der Waals surface area contributed by atoms with Crippen LogP contribution in [0.4, 0.5) is 5.82 Å². The average molecular weight is 279 g/mol. The van der Waals surface area contributed by atoms with Gasteiger partial charge in [-0.05, 0) is 0 Å². The van der Waals surface area contributed by atoms with E-state index in [1.807, 2.05) is 60.7 Å². The molecule has 0 saturated carbocycles. The molecule has 0 aliphatic carbocycles. The molecule has 0 radical (unpaired) electrons. The summed E-state index contributed by atoms with van der Waals surface area (Å²) in [6, 6.07) is 19.9. The fraction of sp³-hybridized carbons (Fsp3) is 0. The molecule has 20 heavy (non-hydrogen) atoms. The summed E-state index contributed by atoms with van der Waals surface area (Å²) < 4.78 is 0.462. The van der Waals surface area contributed by atoms with E-state index in [0.717, 1.165) is 22.5 Å². The highest BCUT2D eigenvalue weighted by Gasteiger charge is 2.11. The number of rotatable bonds is 2. The maximum Gasteiger partial charge on any atom is 0.159 e. The summed E-state index contributed by atoms with van der Waals surface area (Å²) in [6.45, 7) is 0. The number of H-pyrrole nitrogens is 1.